The molecule has 1 heterocycles. The maximum Gasteiger partial charge on any atom is 0.228 e. The zero-order valence-corrected chi connectivity index (χ0v) is 11.2. The topological polar surface area (TPSA) is 20.3 Å². The number of nitrogens with zero attached hydrogens (tertiary/aromatic N) is 1. The van der Waals surface area contributed by atoms with Gasteiger partial charge < -0.3 is 4.90 Å². The molecule has 0 aromatic heterocycles. The molecule has 2 nitrogen and oxygen atoms in total. The van der Waals surface area contributed by atoms with E-state index >= 15 is 0 Å². The summed E-state index contributed by atoms with van der Waals surface area (Å²) in [6, 6.07) is 6.10. The number of anilines is 1. The second-order valence-electron chi connectivity index (χ2n) is 3.74. The Hall–Kier alpha value is -0.290. The Morgan fingerprint density at radius 3 is 2.87 bits per heavy atom. The van der Waals surface area contributed by atoms with Crippen molar-refractivity contribution in [3.63, 3.8) is 0 Å². The van der Waals surface area contributed by atoms with Crippen LogP contribution in [0.3, 0.4) is 0 Å². The lowest BCUT2D eigenvalue weighted by Crippen LogP contribution is -2.25. The van der Waals surface area contributed by atoms with Crippen molar-refractivity contribution in [1.29, 1.82) is 0 Å². The van der Waals surface area contributed by atoms with Crippen LogP contribution in [-0.4, -0.2) is 17.8 Å². The average Bonchev–Trinajstić information content (AvgIpc) is 2.50. The SMILES string of the molecule is Cc1ccc(I)cc1N1CC(Cl)CC1=O. The zero-order chi connectivity index (χ0) is 11.0. The van der Waals surface area contributed by atoms with Gasteiger partial charge in [-0.1, -0.05) is 6.07 Å². The van der Waals surface area contributed by atoms with E-state index in [1.807, 2.05) is 25.1 Å². The van der Waals surface area contributed by atoms with Crippen LogP contribution in [0.15, 0.2) is 18.2 Å². The van der Waals surface area contributed by atoms with E-state index in [9.17, 15) is 4.79 Å². The van der Waals surface area contributed by atoms with E-state index < -0.39 is 0 Å². The number of carbonyl (C=O) groups is 1. The first-order valence-electron chi connectivity index (χ1n) is 4.78. The average molecular weight is 336 g/mol. The van der Waals surface area contributed by atoms with Gasteiger partial charge in [0, 0.05) is 22.2 Å². The van der Waals surface area contributed by atoms with Crippen LogP contribution < -0.4 is 4.90 Å². The first kappa shape index (κ1) is 11.2. The van der Waals surface area contributed by atoms with Crippen molar-refractivity contribution >= 4 is 45.8 Å². The Balaban J connectivity index is 2.37. The van der Waals surface area contributed by atoms with E-state index in [1.165, 1.54) is 0 Å². The lowest BCUT2D eigenvalue weighted by atomic mass is 10.2. The molecule has 2 rings (SSSR count). The smallest absolute Gasteiger partial charge is 0.228 e. The van der Waals surface area contributed by atoms with Crippen LogP contribution in [0.25, 0.3) is 0 Å². The molecular formula is C11H11ClINO. The number of hydrogen-bond donors (Lipinski definition) is 0. The Labute approximate surface area is 108 Å². The highest BCUT2D eigenvalue weighted by atomic mass is 127. The third-order valence-corrected chi connectivity index (χ3v) is 3.50. The number of halogens is 2. The second kappa shape index (κ2) is 4.29. The molecule has 1 atom stereocenters. The van der Waals surface area contributed by atoms with Crippen LogP contribution in [0.4, 0.5) is 5.69 Å². The van der Waals surface area contributed by atoms with E-state index in [0.717, 1.165) is 14.8 Å². The van der Waals surface area contributed by atoms with Gasteiger partial charge >= 0.3 is 0 Å². The highest BCUT2D eigenvalue weighted by Gasteiger charge is 2.29. The summed E-state index contributed by atoms with van der Waals surface area (Å²) in [6.45, 7) is 2.64. The molecule has 0 saturated carbocycles. The number of benzene rings is 1. The fourth-order valence-electron chi connectivity index (χ4n) is 1.77. The van der Waals surface area contributed by atoms with Gasteiger partial charge in [-0.3, -0.25) is 4.79 Å². The first-order valence-corrected chi connectivity index (χ1v) is 6.30. The van der Waals surface area contributed by atoms with Crippen LogP contribution >= 0.6 is 34.2 Å². The van der Waals surface area contributed by atoms with Crippen molar-refractivity contribution in [2.45, 2.75) is 18.7 Å². The summed E-state index contributed by atoms with van der Waals surface area (Å²) in [5.41, 5.74) is 2.12. The minimum atomic E-state index is -0.0465. The third-order valence-electron chi connectivity index (χ3n) is 2.54. The fourth-order valence-corrected chi connectivity index (χ4v) is 2.51. The molecule has 1 fully saturated rings. The minimum absolute atomic E-state index is 0.0465. The molecule has 80 valence electrons. The molecule has 4 heteroatoms. The molecule has 1 unspecified atom stereocenters. The molecular weight excluding hydrogens is 324 g/mol. The number of hydrogen-bond acceptors (Lipinski definition) is 1. The molecule has 1 aromatic carbocycles. The molecule has 1 aromatic rings. The highest BCUT2D eigenvalue weighted by molar-refractivity contribution is 14.1. The number of alkyl halides is 1. The number of aryl methyl sites for hydroxylation is 1. The van der Waals surface area contributed by atoms with Gasteiger partial charge in [-0.25, -0.2) is 0 Å². The van der Waals surface area contributed by atoms with Gasteiger partial charge in [0.05, 0.1) is 5.38 Å². The monoisotopic (exact) mass is 335 g/mol. The van der Waals surface area contributed by atoms with Gasteiger partial charge in [-0.2, -0.15) is 0 Å². The van der Waals surface area contributed by atoms with Crippen LogP contribution in [0.5, 0.6) is 0 Å². The summed E-state index contributed by atoms with van der Waals surface area (Å²) in [5.74, 6) is 0.125. The van der Waals surface area contributed by atoms with Gasteiger partial charge in [-0.15, -0.1) is 11.6 Å². The van der Waals surface area contributed by atoms with Crippen LogP contribution in [0.2, 0.25) is 0 Å². The summed E-state index contributed by atoms with van der Waals surface area (Å²) in [7, 11) is 0. The van der Waals surface area contributed by atoms with Gasteiger partial charge in [-0.05, 0) is 47.2 Å². The summed E-state index contributed by atoms with van der Waals surface area (Å²) >= 11 is 8.23. The van der Waals surface area contributed by atoms with Gasteiger partial charge in [0.2, 0.25) is 5.91 Å². The van der Waals surface area contributed by atoms with Crippen LogP contribution in [-0.2, 0) is 4.79 Å². The molecule has 1 saturated heterocycles. The van der Waals surface area contributed by atoms with Crippen molar-refractivity contribution in [1.82, 2.24) is 0 Å². The molecule has 0 bridgehead atoms. The molecule has 0 N–H and O–H groups in total. The van der Waals surface area contributed by atoms with Crippen molar-refractivity contribution in [2.75, 3.05) is 11.4 Å². The molecule has 15 heavy (non-hydrogen) atoms. The number of amides is 1. The van der Waals surface area contributed by atoms with Crippen LogP contribution in [0, 0.1) is 10.5 Å². The van der Waals surface area contributed by atoms with Gasteiger partial charge in [0.25, 0.3) is 0 Å². The largest absolute Gasteiger partial charge is 0.311 e. The predicted octanol–water partition coefficient (Wildman–Crippen LogP) is 2.94. The maximum absolute atomic E-state index is 11.7. The predicted molar refractivity (Wildman–Crippen MR) is 70.5 cm³/mol. The maximum atomic E-state index is 11.7. The molecule has 0 spiro atoms. The molecule has 1 aliphatic rings. The number of carbonyl (C=O) groups excluding carboxylic acids is 1. The van der Waals surface area contributed by atoms with Crippen molar-refractivity contribution in [3.8, 4) is 0 Å². The van der Waals surface area contributed by atoms with Crippen LogP contribution in [0.1, 0.15) is 12.0 Å². The van der Waals surface area contributed by atoms with Gasteiger partial charge in [0.1, 0.15) is 0 Å². The van der Waals surface area contributed by atoms with E-state index in [1.54, 1.807) is 4.90 Å². The molecule has 1 amide bonds. The third kappa shape index (κ3) is 2.28. The van der Waals surface area contributed by atoms with Crippen molar-refractivity contribution < 1.29 is 4.79 Å². The Morgan fingerprint density at radius 1 is 1.53 bits per heavy atom. The summed E-state index contributed by atoms with van der Waals surface area (Å²) in [4.78, 5) is 13.5. The van der Waals surface area contributed by atoms with Crippen molar-refractivity contribution in [3.05, 3.63) is 27.3 Å². The Morgan fingerprint density at radius 2 is 2.27 bits per heavy atom. The zero-order valence-electron chi connectivity index (χ0n) is 8.34. The summed E-state index contributed by atoms with van der Waals surface area (Å²) in [5, 5.41) is -0.0465. The Bertz CT molecular complexity index is 408. The summed E-state index contributed by atoms with van der Waals surface area (Å²) < 4.78 is 1.14. The quantitative estimate of drug-likeness (QED) is 0.571. The lowest BCUT2D eigenvalue weighted by molar-refractivity contribution is -0.117. The van der Waals surface area contributed by atoms with E-state index in [-0.39, 0.29) is 11.3 Å². The minimum Gasteiger partial charge on any atom is -0.311 e. The van der Waals surface area contributed by atoms with E-state index in [2.05, 4.69) is 22.6 Å². The normalized spacial score (nSPS) is 21.1. The van der Waals surface area contributed by atoms with E-state index in [4.69, 9.17) is 11.6 Å². The number of rotatable bonds is 1. The van der Waals surface area contributed by atoms with E-state index in [0.29, 0.717) is 13.0 Å². The molecule has 1 aliphatic heterocycles. The standard InChI is InChI=1S/C11H11ClINO/c1-7-2-3-9(13)5-10(7)14-6-8(12)4-11(14)15/h2-3,5,8H,4,6H2,1H3. The Kier molecular flexibility index (Phi) is 3.21. The first-order chi connectivity index (χ1) is 7.08. The lowest BCUT2D eigenvalue weighted by Gasteiger charge is -2.18. The second-order valence-corrected chi connectivity index (χ2v) is 5.60. The summed E-state index contributed by atoms with van der Waals surface area (Å²) in [6.07, 6.45) is 0.451. The molecule has 0 radical (unpaired) electrons. The fraction of sp³-hybridized carbons (Fsp3) is 0.364. The van der Waals surface area contributed by atoms with Gasteiger partial charge in [0.15, 0.2) is 0 Å². The molecule has 0 aliphatic carbocycles. The highest BCUT2D eigenvalue weighted by Crippen LogP contribution is 2.28. The van der Waals surface area contributed by atoms with Crippen molar-refractivity contribution in [2.24, 2.45) is 0 Å².